The van der Waals surface area contributed by atoms with E-state index in [-0.39, 0.29) is 17.8 Å². The molecule has 7 heteroatoms. The number of carbonyl (C=O) groups excluding carboxylic acids is 1. The molecule has 130 valence electrons. The van der Waals surface area contributed by atoms with Crippen LogP contribution in [0.1, 0.15) is 43.0 Å². The number of carbonyl (C=O) groups is 1. The number of hydrogen-bond acceptors (Lipinski definition) is 3. The van der Waals surface area contributed by atoms with Crippen molar-refractivity contribution < 1.29 is 13.2 Å². The Morgan fingerprint density at radius 3 is 2.30 bits per heavy atom. The molecule has 23 heavy (non-hydrogen) atoms. The van der Waals surface area contributed by atoms with E-state index in [0.717, 1.165) is 16.7 Å². The van der Waals surface area contributed by atoms with Gasteiger partial charge in [-0.1, -0.05) is 29.3 Å². The largest absolute Gasteiger partial charge is 0.338 e. The van der Waals surface area contributed by atoms with E-state index in [1.54, 1.807) is 6.92 Å². The number of rotatable bonds is 8. The molecule has 0 bridgehead atoms. The molecule has 0 saturated carbocycles. The van der Waals surface area contributed by atoms with Crippen LogP contribution in [0.25, 0.3) is 0 Å². The number of nitrogens with one attached hydrogen (secondary N) is 3. The Hall–Kier alpha value is -1.60. The third kappa shape index (κ3) is 7.47. The Morgan fingerprint density at radius 2 is 1.74 bits per heavy atom. The molecule has 3 N–H and O–H groups in total. The monoisotopic (exact) mass is 341 g/mol. The van der Waals surface area contributed by atoms with E-state index in [0.29, 0.717) is 19.5 Å². The van der Waals surface area contributed by atoms with Gasteiger partial charge in [0.25, 0.3) is 0 Å². The first-order valence-electron chi connectivity index (χ1n) is 7.83. The number of amides is 2. The van der Waals surface area contributed by atoms with Gasteiger partial charge in [-0.2, -0.15) is 0 Å². The van der Waals surface area contributed by atoms with Crippen molar-refractivity contribution in [2.45, 2.75) is 40.2 Å². The van der Waals surface area contributed by atoms with Gasteiger partial charge in [-0.3, -0.25) is 0 Å². The average molecular weight is 341 g/mol. The van der Waals surface area contributed by atoms with Gasteiger partial charge in [-0.05, 0) is 39.7 Å². The molecule has 0 aliphatic heterocycles. The lowest BCUT2D eigenvalue weighted by Crippen LogP contribution is -2.38. The van der Waals surface area contributed by atoms with Crippen molar-refractivity contribution in [3.05, 3.63) is 34.9 Å². The van der Waals surface area contributed by atoms with Crippen LogP contribution in [0.15, 0.2) is 18.2 Å². The SMILES string of the molecule is CCS(=O)(=O)NCCCNC(=O)N[C@@H](C)c1cc(C)cc(C)c1. The van der Waals surface area contributed by atoms with Gasteiger partial charge in [-0.15, -0.1) is 0 Å². The van der Waals surface area contributed by atoms with E-state index in [1.165, 1.54) is 0 Å². The molecule has 0 heterocycles. The lowest BCUT2D eigenvalue weighted by atomic mass is 10.0. The van der Waals surface area contributed by atoms with Crippen LogP contribution in [0.3, 0.4) is 0 Å². The molecule has 0 saturated heterocycles. The molecule has 0 aromatic heterocycles. The predicted molar refractivity (Wildman–Crippen MR) is 92.9 cm³/mol. The fourth-order valence-corrected chi connectivity index (χ4v) is 2.87. The highest BCUT2D eigenvalue weighted by molar-refractivity contribution is 7.89. The highest BCUT2D eigenvalue weighted by Gasteiger charge is 2.10. The van der Waals surface area contributed by atoms with Crippen molar-refractivity contribution in [1.82, 2.24) is 15.4 Å². The molecule has 6 nitrogen and oxygen atoms in total. The normalized spacial score (nSPS) is 12.7. The summed E-state index contributed by atoms with van der Waals surface area (Å²) in [5.74, 6) is 0.0638. The van der Waals surface area contributed by atoms with Crippen LogP contribution in [0.5, 0.6) is 0 Å². The summed E-state index contributed by atoms with van der Waals surface area (Å²) >= 11 is 0. The minimum Gasteiger partial charge on any atom is -0.338 e. The molecule has 1 aromatic carbocycles. The van der Waals surface area contributed by atoms with Crippen LogP contribution in [0, 0.1) is 13.8 Å². The maximum Gasteiger partial charge on any atom is 0.315 e. The summed E-state index contributed by atoms with van der Waals surface area (Å²) in [5, 5.41) is 5.61. The zero-order valence-electron chi connectivity index (χ0n) is 14.3. The zero-order chi connectivity index (χ0) is 17.5. The highest BCUT2D eigenvalue weighted by Crippen LogP contribution is 2.16. The topological polar surface area (TPSA) is 87.3 Å². The quantitative estimate of drug-likeness (QED) is 0.632. The molecule has 0 aliphatic carbocycles. The first kappa shape index (κ1) is 19.4. The molecule has 0 aliphatic rings. The fraction of sp³-hybridized carbons (Fsp3) is 0.562. The van der Waals surface area contributed by atoms with Crippen molar-refractivity contribution in [2.75, 3.05) is 18.8 Å². The first-order valence-corrected chi connectivity index (χ1v) is 9.48. The summed E-state index contributed by atoms with van der Waals surface area (Å²) in [7, 11) is -3.16. The van der Waals surface area contributed by atoms with Gasteiger partial charge in [0.2, 0.25) is 10.0 Å². The average Bonchev–Trinajstić information content (AvgIpc) is 2.45. The second-order valence-electron chi connectivity index (χ2n) is 5.69. The van der Waals surface area contributed by atoms with Crippen LogP contribution in [0.2, 0.25) is 0 Å². The fourth-order valence-electron chi connectivity index (χ4n) is 2.21. The van der Waals surface area contributed by atoms with Crippen molar-refractivity contribution >= 4 is 16.1 Å². The molecule has 0 unspecified atom stereocenters. The summed E-state index contributed by atoms with van der Waals surface area (Å²) in [6.45, 7) is 8.31. The lowest BCUT2D eigenvalue weighted by Gasteiger charge is -2.16. The maximum absolute atomic E-state index is 11.9. The Bertz CT molecular complexity index is 609. The number of hydrogen-bond donors (Lipinski definition) is 3. The molecule has 1 rings (SSSR count). The molecule has 2 amide bonds. The zero-order valence-corrected chi connectivity index (χ0v) is 15.1. The van der Waals surface area contributed by atoms with Crippen molar-refractivity contribution in [3.63, 3.8) is 0 Å². The molecule has 1 aromatic rings. The first-order chi connectivity index (χ1) is 10.7. The van der Waals surface area contributed by atoms with Crippen molar-refractivity contribution in [2.24, 2.45) is 0 Å². The van der Waals surface area contributed by atoms with Crippen LogP contribution in [0.4, 0.5) is 4.79 Å². The van der Waals surface area contributed by atoms with Gasteiger partial charge in [0.1, 0.15) is 0 Å². The van der Waals surface area contributed by atoms with Gasteiger partial charge in [0.05, 0.1) is 11.8 Å². The summed E-state index contributed by atoms with van der Waals surface area (Å²) in [6, 6.07) is 5.85. The number of aryl methyl sites for hydroxylation is 2. The standard InChI is InChI=1S/C16H27N3O3S/c1-5-23(21,22)18-8-6-7-17-16(20)19-14(4)15-10-12(2)9-13(3)11-15/h9-11,14,18H,5-8H2,1-4H3,(H2,17,19,20)/t14-/m0/s1. The summed E-state index contributed by atoms with van der Waals surface area (Å²) < 4.78 is 24.9. The van der Waals surface area contributed by atoms with E-state index in [4.69, 9.17) is 0 Å². The second-order valence-corrected chi connectivity index (χ2v) is 7.79. The van der Waals surface area contributed by atoms with Crippen LogP contribution in [-0.2, 0) is 10.0 Å². The Kier molecular flexibility index (Phi) is 7.51. The number of sulfonamides is 1. The van der Waals surface area contributed by atoms with Crippen LogP contribution in [-0.4, -0.2) is 33.3 Å². The third-order valence-corrected chi connectivity index (χ3v) is 4.84. The van der Waals surface area contributed by atoms with E-state index >= 15 is 0 Å². The van der Waals surface area contributed by atoms with Gasteiger partial charge in [-0.25, -0.2) is 17.9 Å². The molecular weight excluding hydrogens is 314 g/mol. The third-order valence-electron chi connectivity index (χ3n) is 3.43. The maximum atomic E-state index is 11.9. The van der Waals surface area contributed by atoms with Crippen molar-refractivity contribution in [1.29, 1.82) is 0 Å². The van der Waals surface area contributed by atoms with Crippen LogP contribution < -0.4 is 15.4 Å². The lowest BCUT2D eigenvalue weighted by molar-refractivity contribution is 0.238. The Labute approximate surface area is 139 Å². The molecule has 0 radical (unpaired) electrons. The van der Waals surface area contributed by atoms with Gasteiger partial charge < -0.3 is 10.6 Å². The molecular formula is C16H27N3O3S. The van der Waals surface area contributed by atoms with Gasteiger partial charge >= 0.3 is 6.03 Å². The Morgan fingerprint density at radius 1 is 1.13 bits per heavy atom. The minimum atomic E-state index is -3.16. The van der Waals surface area contributed by atoms with Gasteiger partial charge in [0.15, 0.2) is 0 Å². The highest BCUT2D eigenvalue weighted by atomic mass is 32.2. The summed E-state index contributed by atoms with van der Waals surface area (Å²) in [6.07, 6.45) is 0.546. The molecule has 0 spiro atoms. The molecule has 1 atom stereocenters. The Balaban J connectivity index is 2.33. The van der Waals surface area contributed by atoms with E-state index in [2.05, 4.69) is 33.6 Å². The van der Waals surface area contributed by atoms with E-state index in [1.807, 2.05) is 20.8 Å². The summed E-state index contributed by atoms with van der Waals surface area (Å²) in [5.41, 5.74) is 3.39. The number of benzene rings is 1. The second kappa shape index (κ2) is 8.88. The smallest absolute Gasteiger partial charge is 0.315 e. The predicted octanol–water partition coefficient (Wildman–Crippen LogP) is 1.99. The van der Waals surface area contributed by atoms with Crippen molar-refractivity contribution in [3.8, 4) is 0 Å². The molecule has 0 fully saturated rings. The van der Waals surface area contributed by atoms with E-state index < -0.39 is 10.0 Å². The van der Waals surface area contributed by atoms with Crippen LogP contribution >= 0.6 is 0 Å². The number of urea groups is 1. The van der Waals surface area contributed by atoms with Gasteiger partial charge in [0, 0.05) is 13.1 Å². The summed E-state index contributed by atoms with van der Waals surface area (Å²) in [4.78, 5) is 11.9. The minimum absolute atomic E-state index is 0.0638. The van der Waals surface area contributed by atoms with E-state index in [9.17, 15) is 13.2 Å².